The molecule has 1 fully saturated rings. The number of methoxy groups -OCH3 is 3. The molecule has 0 aliphatic carbocycles. The van der Waals surface area contributed by atoms with Crippen LogP contribution in [0.15, 0.2) is 21.9 Å². The number of ether oxygens (including phenoxy) is 3. The van der Waals surface area contributed by atoms with Crippen molar-refractivity contribution in [3.63, 3.8) is 0 Å². The molecule has 192 valence electrons. The smallest absolute Gasteiger partial charge is 0.293 e. The lowest BCUT2D eigenvalue weighted by atomic mass is 10.0. The van der Waals surface area contributed by atoms with Crippen LogP contribution in [0.2, 0.25) is 0 Å². The number of nitrogens with two attached hydrogens (primary N) is 1. The summed E-state index contributed by atoms with van der Waals surface area (Å²) in [4.78, 5) is 15.4. The van der Waals surface area contributed by atoms with Gasteiger partial charge in [-0.15, -0.1) is 5.10 Å². The number of hydrogen-bond donors (Lipinski definition) is 2. The van der Waals surface area contributed by atoms with Crippen LogP contribution in [0.5, 0.6) is 17.2 Å². The van der Waals surface area contributed by atoms with E-state index in [-0.39, 0.29) is 17.3 Å². The summed E-state index contributed by atoms with van der Waals surface area (Å²) in [5, 5.41) is 19.7. The molecule has 1 aliphatic heterocycles. The molecule has 14 heteroatoms. The lowest BCUT2D eigenvalue weighted by Crippen LogP contribution is -2.38. The summed E-state index contributed by atoms with van der Waals surface area (Å²) < 4.78 is 22.2. The van der Waals surface area contributed by atoms with E-state index < -0.39 is 5.91 Å². The van der Waals surface area contributed by atoms with Crippen LogP contribution in [0.4, 0.5) is 5.82 Å². The topological polar surface area (TPSA) is 168 Å². The van der Waals surface area contributed by atoms with Gasteiger partial charge >= 0.3 is 0 Å². The number of nitrogens with zero attached hydrogens (tertiary/aromatic N) is 7. The summed E-state index contributed by atoms with van der Waals surface area (Å²) in [6.45, 7) is 3.45. The quantitative estimate of drug-likeness (QED) is 0.322. The monoisotopic (exact) mass is 499 g/mol. The van der Waals surface area contributed by atoms with E-state index in [0.29, 0.717) is 41.1 Å². The van der Waals surface area contributed by atoms with Gasteiger partial charge in [0.2, 0.25) is 17.4 Å². The van der Waals surface area contributed by atoms with Crippen LogP contribution in [-0.2, 0) is 6.54 Å². The lowest BCUT2D eigenvalue weighted by molar-refractivity contribution is 0.0945. The number of rotatable bonds is 9. The van der Waals surface area contributed by atoms with Crippen molar-refractivity contribution in [2.75, 3.05) is 33.6 Å². The van der Waals surface area contributed by atoms with Crippen LogP contribution in [0.1, 0.15) is 47.9 Å². The number of nitrogen functional groups attached to an aromatic ring is 1. The van der Waals surface area contributed by atoms with E-state index in [4.69, 9.17) is 24.6 Å². The van der Waals surface area contributed by atoms with Crippen molar-refractivity contribution in [2.45, 2.75) is 38.8 Å². The lowest BCUT2D eigenvalue weighted by Gasteiger charge is -2.33. The number of anilines is 1. The molecule has 1 saturated heterocycles. The molecule has 0 unspecified atom stereocenters. The van der Waals surface area contributed by atoms with Gasteiger partial charge in [0, 0.05) is 18.2 Å². The van der Waals surface area contributed by atoms with Crippen molar-refractivity contribution in [3.8, 4) is 23.1 Å². The first-order chi connectivity index (χ1) is 17.5. The molecule has 1 amide bonds. The predicted molar refractivity (Wildman–Crippen MR) is 129 cm³/mol. The fourth-order valence-corrected chi connectivity index (χ4v) is 4.15. The molecule has 0 radical (unpaired) electrons. The second-order valence-corrected chi connectivity index (χ2v) is 8.21. The summed E-state index contributed by atoms with van der Waals surface area (Å²) in [6.07, 6.45) is 4.73. The van der Waals surface area contributed by atoms with Gasteiger partial charge in [-0.1, -0.05) is 11.6 Å². The van der Waals surface area contributed by atoms with Gasteiger partial charge in [-0.05, 0) is 48.8 Å². The third kappa shape index (κ3) is 4.93. The van der Waals surface area contributed by atoms with E-state index in [2.05, 4.69) is 43.0 Å². The maximum absolute atomic E-state index is 13.1. The van der Waals surface area contributed by atoms with Gasteiger partial charge in [-0.25, -0.2) is 10.1 Å². The van der Waals surface area contributed by atoms with E-state index in [0.717, 1.165) is 25.8 Å². The molecule has 36 heavy (non-hydrogen) atoms. The Morgan fingerprint density at radius 1 is 1.22 bits per heavy atom. The molecule has 14 nitrogen and oxygen atoms in total. The molecule has 1 aliphatic rings. The van der Waals surface area contributed by atoms with Crippen LogP contribution >= 0.6 is 0 Å². The minimum Gasteiger partial charge on any atom is -0.493 e. The number of carbonyl (C=O) groups is 1. The highest BCUT2D eigenvalue weighted by Crippen LogP contribution is 2.39. The average molecular weight is 500 g/mol. The maximum atomic E-state index is 13.1. The highest BCUT2D eigenvalue weighted by molar-refractivity contribution is 5.94. The van der Waals surface area contributed by atoms with Crippen molar-refractivity contribution < 1.29 is 23.6 Å². The van der Waals surface area contributed by atoms with E-state index in [1.54, 1.807) is 12.1 Å². The van der Waals surface area contributed by atoms with E-state index >= 15 is 0 Å². The number of amides is 1. The molecule has 0 spiro atoms. The number of carbonyl (C=O) groups excluding carboxylic acids is 1. The molecular weight excluding hydrogens is 470 g/mol. The highest BCUT2D eigenvalue weighted by atomic mass is 16.6. The Bertz CT molecular complexity index is 1240. The summed E-state index contributed by atoms with van der Waals surface area (Å²) >= 11 is 0. The third-order valence-corrected chi connectivity index (χ3v) is 6.07. The normalized spacial score (nSPS) is 16.3. The second kappa shape index (κ2) is 11.0. The SMILES string of the molecule is COc1ccc(/C=N/NC(=O)c2nnn(-c3nonc3N)c2CN2CCCC[C@H]2C)c(OC)c1OC. The summed E-state index contributed by atoms with van der Waals surface area (Å²) in [5.41, 5.74) is 9.55. The number of hydrazone groups is 1. The zero-order valence-electron chi connectivity index (χ0n) is 20.6. The molecule has 0 saturated carbocycles. The van der Waals surface area contributed by atoms with Gasteiger partial charge in [0.05, 0.1) is 33.2 Å². The van der Waals surface area contributed by atoms with Gasteiger partial charge in [-0.3, -0.25) is 9.69 Å². The summed E-state index contributed by atoms with van der Waals surface area (Å²) in [5.74, 6) is 0.986. The predicted octanol–water partition coefficient (Wildman–Crippen LogP) is 1.40. The Hall–Kier alpha value is -4.20. The van der Waals surface area contributed by atoms with E-state index in [1.165, 1.54) is 32.2 Å². The van der Waals surface area contributed by atoms with Crippen molar-refractivity contribution in [1.82, 2.24) is 35.6 Å². The minimum absolute atomic E-state index is 0.0402. The zero-order chi connectivity index (χ0) is 25.7. The minimum atomic E-state index is -0.549. The van der Waals surface area contributed by atoms with Crippen LogP contribution in [0, 0.1) is 0 Å². The van der Waals surface area contributed by atoms with E-state index in [9.17, 15) is 4.79 Å². The molecule has 1 aromatic carbocycles. The van der Waals surface area contributed by atoms with Crippen molar-refractivity contribution in [1.29, 1.82) is 0 Å². The van der Waals surface area contributed by atoms with Gasteiger partial charge in [-0.2, -0.15) is 9.78 Å². The molecular formula is C22H29N9O5. The number of nitrogens with one attached hydrogen (secondary N) is 1. The van der Waals surface area contributed by atoms with Crippen LogP contribution in [-0.4, -0.2) is 76.2 Å². The Morgan fingerprint density at radius 2 is 2.03 bits per heavy atom. The molecule has 3 N–H and O–H groups in total. The van der Waals surface area contributed by atoms with Crippen molar-refractivity contribution >= 4 is 17.9 Å². The molecule has 1 atom stereocenters. The number of benzene rings is 1. The number of likely N-dealkylation sites (tertiary alicyclic amines) is 1. The Morgan fingerprint density at radius 3 is 2.69 bits per heavy atom. The number of piperidine rings is 1. The van der Waals surface area contributed by atoms with Crippen LogP contribution in [0.3, 0.4) is 0 Å². The van der Waals surface area contributed by atoms with Crippen LogP contribution in [0.25, 0.3) is 5.82 Å². The van der Waals surface area contributed by atoms with Gasteiger partial charge in [0.1, 0.15) is 0 Å². The number of hydrogen-bond acceptors (Lipinski definition) is 12. The second-order valence-electron chi connectivity index (χ2n) is 8.21. The van der Waals surface area contributed by atoms with Gasteiger partial charge in [0.15, 0.2) is 17.2 Å². The zero-order valence-corrected chi connectivity index (χ0v) is 20.6. The molecule has 3 heterocycles. The molecule has 0 bridgehead atoms. The first-order valence-corrected chi connectivity index (χ1v) is 11.4. The molecule has 3 aromatic rings. The number of aromatic nitrogens is 5. The fourth-order valence-electron chi connectivity index (χ4n) is 4.15. The summed E-state index contributed by atoms with van der Waals surface area (Å²) in [6, 6.07) is 3.78. The van der Waals surface area contributed by atoms with Gasteiger partial charge < -0.3 is 19.9 Å². The molecule has 4 rings (SSSR count). The van der Waals surface area contributed by atoms with Gasteiger partial charge in [0.25, 0.3) is 5.91 Å². The molecule has 2 aromatic heterocycles. The summed E-state index contributed by atoms with van der Waals surface area (Å²) in [7, 11) is 4.54. The standard InChI is InChI=1S/C22H29N9O5/c1-13-7-5-6-10-30(13)12-15-17(25-29-31(15)21-20(23)27-36-28-21)22(32)26-24-11-14-8-9-16(33-2)19(35-4)18(14)34-3/h8-9,11,13H,5-7,10,12H2,1-4H3,(H2,23,27)(H,26,32)/b24-11+/t13-/m1/s1. The average Bonchev–Trinajstić information content (AvgIpc) is 3.50. The first kappa shape index (κ1) is 24.9. The van der Waals surface area contributed by atoms with Crippen molar-refractivity contribution in [2.24, 2.45) is 5.10 Å². The Labute approximate surface area is 207 Å². The third-order valence-electron chi connectivity index (χ3n) is 6.07. The largest absolute Gasteiger partial charge is 0.493 e. The maximum Gasteiger partial charge on any atom is 0.293 e. The van der Waals surface area contributed by atoms with E-state index in [1.807, 2.05) is 0 Å². The fraction of sp³-hybridized carbons (Fsp3) is 0.455. The Kier molecular flexibility index (Phi) is 7.63. The van der Waals surface area contributed by atoms with Crippen molar-refractivity contribution in [3.05, 3.63) is 29.1 Å². The van der Waals surface area contributed by atoms with Crippen LogP contribution < -0.4 is 25.4 Å². The first-order valence-electron chi connectivity index (χ1n) is 11.4. The Balaban J connectivity index is 1.60. The highest BCUT2D eigenvalue weighted by Gasteiger charge is 2.28.